The number of hydrogen-bond acceptors (Lipinski definition) is 5. The van der Waals surface area contributed by atoms with Gasteiger partial charge in [-0.1, -0.05) is 11.6 Å². The molecule has 1 fully saturated rings. The third kappa shape index (κ3) is 4.31. The van der Waals surface area contributed by atoms with E-state index in [2.05, 4.69) is 36.5 Å². The highest BCUT2D eigenvalue weighted by Gasteiger charge is 2.16. The molecule has 1 aromatic carbocycles. The van der Waals surface area contributed by atoms with Crippen LogP contribution in [0.15, 0.2) is 28.9 Å². The molecule has 2 heterocycles. The molecule has 0 spiro atoms. The monoisotopic (exact) mass is 400 g/mol. The molecule has 0 saturated carbocycles. The summed E-state index contributed by atoms with van der Waals surface area (Å²) in [4.78, 5) is 8.60. The molecule has 1 atom stereocenters. The van der Waals surface area contributed by atoms with Gasteiger partial charge in [0.25, 0.3) is 0 Å². The molecule has 1 unspecified atom stereocenters. The van der Waals surface area contributed by atoms with E-state index < -0.39 is 5.82 Å². The van der Waals surface area contributed by atoms with Crippen molar-refractivity contribution >= 4 is 45.0 Å². The molecule has 23 heavy (non-hydrogen) atoms. The van der Waals surface area contributed by atoms with Crippen molar-refractivity contribution in [3.8, 4) is 0 Å². The van der Waals surface area contributed by atoms with E-state index in [-0.39, 0.29) is 11.1 Å². The standard InChI is InChI=1S/C15H15BrClFN4O/c16-11-8-20-15(21-9-3-4-13(18)12(17)6-9)22-14(11)19-7-10-2-1-5-23-10/h3-4,6,8,10H,1-2,5,7H2,(H2,19,20,21,22). The van der Waals surface area contributed by atoms with Crippen molar-refractivity contribution in [1.29, 1.82) is 0 Å². The Morgan fingerprint density at radius 1 is 1.43 bits per heavy atom. The summed E-state index contributed by atoms with van der Waals surface area (Å²) >= 11 is 9.19. The Labute approximate surface area is 146 Å². The van der Waals surface area contributed by atoms with E-state index in [0.717, 1.165) is 23.9 Å². The van der Waals surface area contributed by atoms with Crippen LogP contribution in [-0.4, -0.2) is 29.2 Å². The fourth-order valence-corrected chi connectivity index (χ4v) is 2.78. The molecule has 1 saturated heterocycles. The van der Waals surface area contributed by atoms with Gasteiger partial charge in [0.1, 0.15) is 11.6 Å². The van der Waals surface area contributed by atoms with Crippen LogP contribution in [0.25, 0.3) is 0 Å². The second-order valence-electron chi connectivity index (χ2n) is 5.16. The minimum absolute atomic E-state index is 0.0452. The van der Waals surface area contributed by atoms with Gasteiger partial charge in [-0.3, -0.25) is 0 Å². The van der Waals surface area contributed by atoms with Crippen molar-refractivity contribution in [2.45, 2.75) is 18.9 Å². The van der Waals surface area contributed by atoms with E-state index in [4.69, 9.17) is 16.3 Å². The molecular weight excluding hydrogens is 387 g/mol. The molecule has 3 rings (SSSR count). The molecule has 2 N–H and O–H groups in total. The second kappa shape index (κ2) is 7.42. The third-order valence-electron chi connectivity index (χ3n) is 3.44. The molecule has 0 amide bonds. The maximum absolute atomic E-state index is 13.2. The van der Waals surface area contributed by atoms with Crippen molar-refractivity contribution in [1.82, 2.24) is 9.97 Å². The summed E-state index contributed by atoms with van der Waals surface area (Å²) in [6, 6.07) is 4.36. The number of aromatic nitrogens is 2. The smallest absolute Gasteiger partial charge is 0.229 e. The van der Waals surface area contributed by atoms with Gasteiger partial charge in [0.15, 0.2) is 0 Å². The van der Waals surface area contributed by atoms with Crippen molar-refractivity contribution < 1.29 is 9.13 Å². The van der Waals surface area contributed by atoms with Gasteiger partial charge in [0.05, 0.1) is 15.6 Å². The van der Waals surface area contributed by atoms with Crippen LogP contribution in [0.2, 0.25) is 5.02 Å². The average Bonchev–Trinajstić information content (AvgIpc) is 3.05. The quantitative estimate of drug-likeness (QED) is 0.779. The number of ether oxygens (including phenoxy) is 1. The van der Waals surface area contributed by atoms with Crippen LogP contribution in [0.1, 0.15) is 12.8 Å². The summed E-state index contributed by atoms with van der Waals surface area (Å²) in [7, 11) is 0. The third-order valence-corrected chi connectivity index (χ3v) is 4.31. The lowest BCUT2D eigenvalue weighted by Crippen LogP contribution is -2.19. The fourth-order valence-electron chi connectivity index (χ4n) is 2.27. The van der Waals surface area contributed by atoms with E-state index in [9.17, 15) is 4.39 Å². The first kappa shape index (κ1) is 16.4. The lowest BCUT2D eigenvalue weighted by Gasteiger charge is -2.13. The molecule has 1 aliphatic rings. The molecular formula is C15H15BrClFN4O. The largest absolute Gasteiger partial charge is 0.376 e. The Bertz CT molecular complexity index is 697. The highest BCUT2D eigenvalue weighted by atomic mass is 79.9. The summed E-state index contributed by atoms with van der Waals surface area (Å²) in [6.45, 7) is 1.51. The zero-order valence-electron chi connectivity index (χ0n) is 12.2. The van der Waals surface area contributed by atoms with Gasteiger partial charge in [-0.05, 0) is 47.0 Å². The van der Waals surface area contributed by atoms with E-state index in [1.54, 1.807) is 12.3 Å². The van der Waals surface area contributed by atoms with Gasteiger partial charge < -0.3 is 15.4 Å². The first-order chi connectivity index (χ1) is 11.1. The van der Waals surface area contributed by atoms with E-state index in [1.807, 2.05) is 0 Å². The fraction of sp³-hybridized carbons (Fsp3) is 0.333. The lowest BCUT2D eigenvalue weighted by molar-refractivity contribution is 0.120. The Hall–Kier alpha value is -1.44. The normalized spacial score (nSPS) is 17.3. The van der Waals surface area contributed by atoms with Crippen molar-refractivity contribution in [3.05, 3.63) is 39.7 Å². The summed E-state index contributed by atoms with van der Waals surface area (Å²) in [5.41, 5.74) is 0.615. The van der Waals surface area contributed by atoms with Crippen LogP contribution in [0.3, 0.4) is 0 Å². The highest BCUT2D eigenvalue weighted by Crippen LogP contribution is 2.25. The first-order valence-corrected chi connectivity index (χ1v) is 8.39. The van der Waals surface area contributed by atoms with Crippen LogP contribution in [0, 0.1) is 5.82 Å². The summed E-state index contributed by atoms with van der Waals surface area (Å²) in [5, 5.41) is 6.30. The minimum Gasteiger partial charge on any atom is -0.376 e. The molecule has 122 valence electrons. The summed E-state index contributed by atoms with van der Waals surface area (Å²) < 4.78 is 19.5. The van der Waals surface area contributed by atoms with Crippen LogP contribution in [0.5, 0.6) is 0 Å². The van der Waals surface area contributed by atoms with Crippen LogP contribution < -0.4 is 10.6 Å². The Morgan fingerprint density at radius 2 is 2.30 bits per heavy atom. The van der Waals surface area contributed by atoms with Crippen LogP contribution in [0.4, 0.5) is 21.8 Å². The minimum atomic E-state index is -0.465. The van der Waals surface area contributed by atoms with Crippen molar-refractivity contribution in [2.24, 2.45) is 0 Å². The predicted molar refractivity (Wildman–Crippen MR) is 91.9 cm³/mol. The maximum Gasteiger partial charge on any atom is 0.229 e. The highest BCUT2D eigenvalue weighted by molar-refractivity contribution is 9.10. The number of rotatable bonds is 5. The predicted octanol–water partition coefficient (Wildman–Crippen LogP) is 4.37. The second-order valence-corrected chi connectivity index (χ2v) is 6.42. The van der Waals surface area contributed by atoms with Crippen molar-refractivity contribution in [2.75, 3.05) is 23.8 Å². The Morgan fingerprint density at radius 3 is 3.04 bits per heavy atom. The van der Waals surface area contributed by atoms with Crippen LogP contribution >= 0.6 is 27.5 Å². The van der Waals surface area contributed by atoms with E-state index in [1.165, 1.54) is 12.1 Å². The summed E-state index contributed by atoms with van der Waals surface area (Å²) in [5.74, 6) is 0.602. The average molecular weight is 402 g/mol. The lowest BCUT2D eigenvalue weighted by atomic mass is 10.2. The van der Waals surface area contributed by atoms with Crippen LogP contribution in [-0.2, 0) is 4.74 Å². The molecule has 0 bridgehead atoms. The Kier molecular flexibility index (Phi) is 5.30. The Balaban J connectivity index is 1.69. The van der Waals surface area contributed by atoms with Gasteiger partial charge in [-0.25, -0.2) is 9.37 Å². The molecule has 0 radical (unpaired) electrons. The maximum atomic E-state index is 13.2. The zero-order valence-corrected chi connectivity index (χ0v) is 14.5. The molecule has 2 aromatic rings. The van der Waals surface area contributed by atoms with Gasteiger partial charge in [0.2, 0.25) is 5.95 Å². The number of nitrogens with one attached hydrogen (secondary N) is 2. The molecule has 0 aliphatic carbocycles. The number of benzene rings is 1. The zero-order chi connectivity index (χ0) is 16.2. The topological polar surface area (TPSA) is 59.1 Å². The number of nitrogens with zero attached hydrogens (tertiary/aromatic N) is 2. The van der Waals surface area contributed by atoms with Gasteiger partial charge in [-0.15, -0.1) is 0 Å². The van der Waals surface area contributed by atoms with Gasteiger partial charge in [0, 0.05) is 25.0 Å². The van der Waals surface area contributed by atoms with Gasteiger partial charge >= 0.3 is 0 Å². The van der Waals surface area contributed by atoms with E-state index >= 15 is 0 Å². The number of hydrogen-bond donors (Lipinski definition) is 2. The molecule has 5 nitrogen and oxygen atoms in total. The number of anilines is 3. The SMILES string of the molecule is Fc1ccc(Nc2ncc(Br)c(NCC3CCCO3)n2)cc1Cl. The molecule has 8 heteroatoms. The van der Waals surface area contributed by atoms with Crippen molar-refractivity contribution in [3.63, 3.8) is 0 Å². The first-order valence-electron chi connectivity index (χ1n) is 7.22. The van der Waals surface area contributed by atoms with E-state index in [0.29, 0.717) is 24.0 Å². The van der Waals surface area contributed by atoms with Gasteiger partial charge in [-0.2, -0.15) is 4.98 Å². The number of halogens is 3. The molecule has 1 aromatic heterocycles. The summed E-state index contributed by atoms with van der Waals surface area (Å²) in [6.07, 6.45) is 4.01. The molecule has 1 aliphatic heterocycles.